The number of carbonyl (C=O) groups excluding carboxylic acids is 3. The predicted octanol–water partition coefficient (Wildman–Crippen LogP) is 3.23. The van der Waals surface area contributed by atoms with Crippen LogP contribution in [-0.4, -0.2) is 93.6 Å². The summed E-state index contributed by atoms with van der Waals surface area (Å²) in [6, 6.07) is 18.1. The molecule has 0 bridgehead atoms. The predicted molar refractivity (Wildman–Crippen MR) is 222 cm³/mol. The first-order chi connectivity index (χ1) is 27.4. The fourth-order valence-corrected chi connectivity index (χ4v) is 7.45. The third kappa shape index (κ3) is 11.9. The van der Waals surface area contributed by atoms with E-state index in [1.165, 1.54) is 4.90 Å². The van der Waals surface area contributed by atoms with Gasteiger partial charge in [0, 0.05) is 73.9 Å². The molecule has 0 aliphatic carbocycles. The fourth-order valence-electron chi connectivity index (χ4n) is 6.67. The Morgan fingerprint density at radius 1 is 1.03 bits per heavy atom. The summed E-state index contributed by atoms with van der Waals surface area (Å²) in [5.41, 5.74) is 2.57. The average Bonchev–Trinajstić information content (AvgIpc) is 3.84. The Morgan fingerprint density at radius 2 is 1.76 bits per heavy atom. The van der Waals surface area contributed by atoms with Crippen LogP contribution in [0.4, 0.5) is 16.2 Å². The van der Waals surface area contributed by atoms with Crippen molar-refractivity contribution in [2.24, 2.45) is 0 Å². The molecule has 3 unspecified atom stereocenters. The van der Waals surface area contributed by atoms with E-state index in [2.05, 4.69) is 10.2 Å². The van der Waals surface area contributed by atoms with Crippen molar-refractivity contribution < 1.29 is 55.0 Å². The monoisotopic (exact) mass is 914 g/mol. The van der Waals surface area contributed by atoms with Crippen LogP contribution in [0.15, 0.2) is 79.4 Å². The number of anilines is 2. The maximum Gasteiger partial charge on any atom is 0.417 e. The Hall–Kier alpha value is -3.99. The van der Waals surface area contributed by atoms with Gasteiger partial charge in [-0.05, 0) is 55.6 Å². The van der Waals surface area contributed by atoms with E-state index in [1.54, 1.807) is 81.4 Å². The Bertz CT molecular complexity index is 2050. The second kappa shape index (κ2) is 21.5. The van der Waals surface area contributed by atoms with Gasteiger partial charge in [0.05, 0.1) is 23.9 Å². The van der Waals surface area contributed by atoms with Crippen molar-refractivity contribution in [1.29, 1.82) is 0 Å². The summed E-state index contributed by atoms with van der Waals surface area (Å²) in [7, 11) is 3.19. The average molecular weight is 917 g/mol. The molecule has 3 heterocycles. The van der Waals surface area contributed by atoms with Crippen molar-refractivity contribution in [3.63, 3.8) is 0 Å². The number of nitrogens with zero attached hydrogens (tertiary/aromatic N) is 5. The fraction of sp³-hybridized carbons (Fsp3) is 0.400. The van der Waals surface area contributed by atoms with Crippen molar-refractivity contribution in [2.75, 3.05) is 69.8 Å². The molecule has 59 heavy (non-hydrogen) atoms. The molecule has 0 spiro atoms. The van der Waals surface area contributed by atoms with Crippen LogP contribution in [0.5, 0.6) is 5.75 Å². The van der Waals surface area contributed by atoms with Crippen LogP contribution in [0.25, 0.3) is 0 Å². The standard InChI is InChI=1S/C40H46Cl3N6O8.2ClH/c1-27(50)47-16-18-48(19-17-47)30-9-11-31(12-10-30)53-22-32-23-55-40(57-32,34-13-8-29(41)20-36(34)43)25-46-14-15-49(26-46)28(2)56-39(52)45(4)37-7-5-6-35(42)33(37)24-54-38(51)21-44-3;;/h5-15,20,26,28,32,44H,16-19,21-25H2,1-4H3;2*1H/q+1;;/p-1. The normalized spacial score (nSPS) is 18.0. The molecule has 2 saturated heterocycles. The molecular formula is C40H47Cl5N6O8. The molecule has 320 valence electrons. The van der Waals surface area contributed by atoms with E-state index in [1.807, 2.05) is 39.9 Å². The maximum atomic E-state index is 13.4. The lowest BCUT2D eigenvalue weighted by molar-refractivity contribution is -0.720. The molecule has 2 aliphatic rings. The van der Waals surface area contributed by atoms with Gasteiger partial charge in [-0.15, -0.1) is 12.4 Å². The third-order valence-electron chi connectivity index (χ3n) is 9.79. The minimum absolute atomic E-state index is 0. The number of hydrogen-bond donors (Lipinski definition) is 1. The van der Waals surface area contributed by atoms with E-state index in [-0.39, 0.29) is 63.6 Å². The van der Waals surface area contributed by atoms with E-state index in [9.17, 15) is 14.4 Å². The molecule has 2 amide bonds. The number of esters is 1. The van der Waals surface area contributed by atoms with Gasteiger partial charge < -0.3 is 51.2 Å². The lowest BCUT2D eigenvalue weighted by atomic mass is 10.1. The van der Waals surface area contributed by atoms with Crippen LogP contribution < -0.4 is 36.8 Å². The molecule has 0 radical (unpaired) electrons. The number of halogens is 5. The summed E-state index contributed by atoms with van der Waals surface area (Å²) in [5.74, 6) is -0.965. The van der Waals surface area contributed by atoms with E-state index in [0.717, 1.165) is 18.8 Å². The van der Waals surface area contributed by atoms with Crippen molar-refractivity contribution in [1.82, 2.24) is 14.8 Å². The maximum absolute atomic E-state index is 13.4. The first kappa shape index (κ1) is 47.7. The molecule has 2 aliphatic heterocycles. The number of amides is 2. The van der Waals surface area contributed by atoms with Crippen LogP contribution in [0.2, 0.25) is 15.1 Å². The molecule has 19 heteroatoms. The van der Waals surface area contributed by atoms with Gasteiger partial charge in [0.25, 0.3) is 0 Å². The molecule has 1 N–H and O–H groups in total. The van der Waals surface area contributed by atoms with Gasteiger partial charge in [-0.2, -0.15) is 4.57 Å². The minimum Gasteiger partial charge on any atom is -1.00 e. The zero-order chi connectivity index (χ0) is 40.7. The zero-order valence-corrected chi connectivity index (χ0v) is 36.8. The van der Waals surface area contributed by atoms with Gasteiger partial charge in [0.15, 0.2) is 0 Å². The number of likely N-dealkylation sites (N-methyl/N-ethyl adjacent to an activating group) is 1. The van der Waals surface area contributed by atoms with Crippen molar-refractivity contribution >= 4 is 76.6 Å². The van der Waals surface area contributed by atoms with E-state index in [4.69, 9.17) is 58.5 Å². The molecule has 4 aromatic rings. The Balaban J connectivity index is 0.00000384. The number of benzene rings is 3. The largest absolute Gasteiger partial charge is 1.00 e. The zero-order valence-electron chi connectivity index (χ0n) is 32.9. The number of rotatable bonds is 14. The van der Waals surface area contributed by atoms with Crippen LogP contribution in [0, 0.1) is 0 Å². The topological polar surface area (TPSA) is 128 Å². The molecular weight excluding hydrogens is 870 g/mol. The Labute approximate surface area is 370 Å². The molecule has 14 nitrogen and oxygen atoms in total. The highest BCUT2D eigenvalue weighted by Crippen LogP contribution is 2.40. The van der Waals surface area contributed by atoms with E-state index < -0.39 is 30.2 Å². The van der Waals surface area contributed by atoms with Crippen molar-refractivity contribution in [3.05, 3.63) is 106 Å². The first-order valence-corrected chi connectivity index (χ1v) is 19.6. The molecule has 1 aromatic heterocycles. The highest BCUT2D eigenvalue weighted by Gasteiger charge is 2.47. The third-order valence-corrected chi connectivity index (χ3v) is 10.7. The van der Waals surface area contributed by atoms with Crippen molar-refractivity contribution in [2.45, 2.75) is 45.1 Å². The van der Waals surface area contributed by atoms with Gasteiger partial charge in [-0.25, -0.2) is 9.36 Å². The summed E-state index contributed by atoms with van der Waals surface area (Å²) in [4.78, 5) is 42.5. The van der Waals surface area contributed by atoms with E-state index in [0.29, 0.717) is 50.7 Å². The highest BCUT2D eigenvalue weighted by molar-refractivity contribution is 6.35. The van der Waals surface area contributed by atoms with Gasteiger partial charge in [0.2, 0.25) is 24.2 Å². The quantitative estimate of drug-likeness (QED) is 0.149. The molecule has 2 fully saturated rings. The Morgan fingerprint density at radius 3 is 2.44 bits per heavy atom. The molecule has 6 rings (SSSR count). The molecule has 3 aromatic carbocycles. The van der Waals surface area contributed by atoms with Crippen LogP contribution >= 0.6 is 47.2 Å². The number of piperazine rings is 1. The SMILES string of the molecule is CNCC(=O)OCc1c(Cl)cccc1N(C)C(=O)OC(C)n1cc[n+](CC2(c3ccc(Cl)cc3Cl)OCC(COc3ccc(N4CCN(C(C)=O)CC4)cc3)O2)c1.Cl.[Cl-]. The highest BCUT2D eigenvalue weighted by atomic mass is 35.5. The van der Waals surface area contributed by atoms with Gasteiger partial charge >= 0.3 is 12.1 Å². The van der Waals surface area contributed by atoms with E-state index >= 15 is 0 Å². The number of hydrogen-bond acceptors (Lipinski definition) is 10. The second-order valence-corrected chi connectivity index (χ2v) is 15.0. The van der Waals surface area contributed by atoms with Gasteiger partial charge in [-0.1, -0.05) is 46.9 Å². The number of imidazole rings is 1. The lowest BCUT2D eigenvalue weighted by Gasteiger charge is -2.35. The summed E-state index contributed by atoms with van der Waals surface area (Å²) < 4.78 is 33.9. The van der Waals surface area contributed by atoms with Gasteiger partial charge in [-0.3, -0.25) is 14.5 Å². The number of ether oxygens (including phenoxy) is 5. The van der Waals surface area contributed by atoms with Crippen LogP contribution in [0.1, 0.15) is 31.2 Å². The second-order valence-electron chi connectivity index (χ2n) is 13.7. The van der Waals surface area contributed by atoms with Crippen LogP contribution in [0.3, 0.4) is 0 Å². The lowest BCUT2D eigenvalue weighted by Crippen LogP contribution is -3.00. The number of nitrogens with one attached hydrogen (secondary N) is 1. The summed E-state index contributed by atoms with van der Waals surface area (Å²) in [6.45, 7) is 6.85. The van der Waals surface area contributed by atoms with Crippen LogP contribution in [-0.2, 0) is 47.5 Å². The molecule has 3 atom stereocenters. The van der Waals surface area contributed by atoms with Crippen molar-refractivity contribution in [3.8, 4) is 5.75 Å². The summed E-state index contributed by atoms with van der Waals surface area (Å²) >= 11 is 19.4. The smallest absolute Gasteiger partial charge is 0.417 e. The molecule has 0 saturated carbocycles. The number of aromatic nitrogens is 2. The van der Waals surface area contributed by atoms with Gasteiger partial charge in [0.1, 0.15) is 44.0 Å². The first-order valence-electron chi connectivity index (χ1n) is 18.4. The Kier molecular flexibility index (Phi) is 17.4. The number of carbonyl (C=O) groups is 3. The summed E-state index contributed by atoms with van der Waals surface area (Å²) in [5, 5.41) is 3.93. The summed E-state index contributed by atoms with van der Waals surface area (Å²) in [6.07, 6.45) is 3.54. The minimum atomic E-state index is -1.29.